The van der Waals surface area contributed by atoms with Gasteiger partial charge in [-0.15, -0.1) is 0 Å². The highest BCUT2D eigenvalue weighted by Crippen LogP contribution is 2.32. The summed E-state index contributed by atoms with van der Waals surface area (Å²) in [6.45, 7) is 1.95. The average Bonchev–Trinajstić information content (AvgIpc) is 2.36. The summed E-state index contributed by atoms with van der Waals surface area (Å²) in [5, 5.41) is 12.0. The van der Waals surface area contributed by atoms with Crippen LogP contribution in [0.2, 0.25) is 5.15 Å². The summed E-state index contributed by atoms with van der Waals surface area (Å²) >= 11 is 5.99. The van der Waals surface area contributed by atoms with E-state index in [0.717, 1.165) is 5.56 Å². The lowest BCUT2D eigenvalue weighted by Crippen LogP contribution is -1.96. The molecule has 1 heterocycles. The number of halogens is 1. The number of nitro groups is 1. The number of non-ortho nitro benzene ring substituents is 1. The molecule has 0 atom stereocenters. The Morgan fingerprint density at radius 3 is 2.72 bits per heavy atom. The molecule has 5 nitrogen and oxygen atoms in total. The lowest BCUT2D eigenvalue weighted by atomic mass is 10.1. The second kappa shape index (κ2) is 4.78. The molecule has 0 aliphatic rings. The van der Waals surface area contributed by atoms with Gasteiger partial charge in [-0.3, -0.25) is 10.1 Å². The van der Waals surface area contributed by atoms with Crippen LogP contribution in [0.4, 0.5) is 5.69 Å². The fourth-order valence-electron chi connectivity index (χ4n) is 1.77. The third-order valence-electron chi connectivity index (χ3n) is 2.71. The molecule has 18 heavy (non-hydrogen) atoms. The average molecular weight is 267 g/mol. The predicted molar refractivity (Wildman–Crippen MR) is 69.3 cm³/mol. The van der Waals surface area contributed by atoms with E-state index in [-0.39, 0.29) is 11.2 Å². The molecular weight excluding hydrogens is 256 g/mol. The molecule has 2 aromatic rings. The normalized spacial score (nSPS) is 10.6. The zero-order valence-corrected chi connectivity index (χ0v) is 10.7. The number of fused-ring (bicyclic) bond motifs is 1. The smallest absolute Gasteiger partial charge is 0.299 e. The van der Waals surface area contributed by atoms with Gasteiger partial charge in [-0.25, -0.2) is 4.98 Å². The van der Waals surface area contributed by atoms with Gasteiger partial charge in [-0.2, -0.15) is 0 Å². The fraction of sp³-hybridized carbons (Fsp3) is 0.250. The van der Waals surface area contributed by atoms with Crippen molar-refractivity contribution in [2.24, 2.45) is 0 Å². The van der Waals surface area contributed by atoms with E-state index in [0.29, 0.717) is 22.7 Å². The number of nitro benzene ring substituents is 1. The minimum absolute atomic E-state index is 0.103. The summed E-state index contributed by atoms with van der Waals surface area (Å²) in [4.78, 5) is 14.6. The van der Waals surface area contributed by atoms with Crippen molar-refractivity contribution in [1.82, 2.24) is 4.98 Å². The molecule has 0 spiro atoms. The number of nitrogens with zero attached hydrogens (tertiary/aromatic N) is 2. The number of benzene rings is 1. The Labute approximate surface area is 108 Å². The summed E-state index contributed by atoms with van der Waals surface area (Å²) in [6.07, 6.45) is 0.715. The van der Waals surface area contributed by atoms with Crippen molar-refractivity contribution in [3.05, 3.63) is 39.0 Å². The summed E-state index contributed by atoms with van der Waals surface area (Å²) in [7, 11) is 1.47. The molecule has 94 valence electrons. The largest absolute Gasteiger partial charge is 0.496 e. The number of rotatable bonds is 3. The van der Waals surface area contributed by atoms with Gasteiger partial charge >= 0.3 is 0 Å². The summed E-state index contributed by atoms with van der Waals surface area (Å²) in [5.41, 5.74) is 1.03. The fourth-order valence-corrected chi connectivity index (χ4v) is 2.04. The molecule has 1 aromatic heterocycles. The predicted octanol–water partition coefficient (Wildman–Crippen LogP) is 3.37. The third kappa shape index (κ3) is 2.09. The SMILES string of the molecule is CCc1cc2cc(OC)cc([N+](=O)[O-])c2nc1Cl. The molecule has 0 fully saturated rings. The Kier molecular flexibility index (Phi) is 3.34. The number of hydrogen-bond acceptors (Lipinski definition) is 4. The maximum absolute atomic E-state index is 11.0. The molecule has 0 amide bonds. The van der Waals surface area contributed by atoms with Crippen LogP contribution in [0.15, 0.2) is 18.2 Å². The van der Waals surface area contributed by atoms with E-state index < -0.39 is 4.92 Å². The first-order chi connectivity index (χ1) is 8.56. The molecule has 0 unspecified atom stereocenters. The summed E-state index contributed by atoms with van der Waals surface area (Å²) in [5.74, 6) is 0.431. The van der Waals surface area contributed by atoms with E-state index in [4.69, 9.17) is 16.3 Å². The molecule has 0 bridgehead atoms. The molecule has 0 aliphatic carbocycles. The molecule has 0 saturated carbocycles. The number of aryl methyl sites for hydroxylation is 1. The van der Waals surface area contributed by atoms with Crippen molar-refractivity contribution in [2.45, 2.75) is 13.3 Å². The van der Waals surface area contributed by atoms with Crippen LogP contribution in [-0.2, 0) is 6.42 Å². The molecular formula is C12H11ClN2O3. The van der Waals surface area contributed by atoms with Gasteiger partial charge in [0.05, 0.1) is 18.1 Å². The Balaban J connectivity index is 2.82. The highest BCUT2D eigenvalue weighted by Gasteiger charge is 2.17. The Bertz CT molecular complexity index is 628. The minimum Gasteiger partial charge on any atom is -0.496 e. The maximum Gasteiger partial charge on any atom is 0.299 e. The van der Waals surface area contributed by atoms with Crippen molar-refractivity contribution in [1.29, 1.82) is 0 Å². The summed E-state index contributed by atoms with van der Waals surface area (Å²) in [6, 6.07) is 4.86. The molecule has 1 aromatic carbocycles. The lowest BCUT2D eigenvalue weighted by molar-refractivity contribution is -0.383. The van der Waals surface area contributed by atoms with Crippen molar-refractivity contribution in [3.8, 4) is 5.75 Å². The highest BCUT2D eigenvalue weighted by molar-refractivity contribution is 6.30. The molecule has 0 aliphatic heterocycles. The van der Waals surface area contributed by atoms with Crippen LogP contribution >= 0.6 is 11.6 Å². The maximum atomic E-state index is 11.0. The number of ether oxygens (including phenoxy) is 1. The first-order valence-electron chi connectivity index (χ1n) is 5.38. The molecule has 6 heteroatoms. The van der Waals surface area contributed by atoms with E-state index in [2.05, 4.69) is 4.98 Å². The van der Waals surface area contributed by atoms with Gasteiger partial charge in [0.15, 0.2) is 0 Å². The van der Waals surface area contributed by atoms with Gasteiger partial charge in [0.25, 0.3) is 5.69 Å². The van der Waals surface area contributed by atoms with Gasteiger partial charge < -0.3 is 4.74 Å². The monoisotopic (exact) mass is 266 g/mol. The first kappa shape index (κ1) is 12.6. The van der Waals surface area contributed by atoms with Gasteiger partial charge in [0.1, 0.15) is 16.4 Å². The van der Waals surface area contributed by atoms with Crippen LogP contribution in [0.1, 0.15) is 12.5 Å². The zero-order valence-electron chi connectivity index (χ0n) is 9.94. The van der Waals surface area contributed by atoms with Gasteiger partial charge in [-0.1, -0.05) is 18.5 Å². The van der Waals surface area contributed by atoms with Crippen LogP contribution in [0, 0.1) is 10.1 Å². The van der Waals surface area contributed by atoms with Crippen molar-refractivity contribution in [3.63, 3.8) is 0 Å². The Hall–Kier alpha value is -1.88. The summed E-state index contributed by atoms with van der Waals surface area (Å²) < 4.78 is 5.05. The van der Waals surface area contributed by atoms with Gasteiger partial charge in [0, 0.05) is 5.39 Å². The Morgan fingerprint density at radius 2 is 2.17 bits per heavy atom. The molecule has 0 radical (unpaired) electrons. The topological polar surface area (TPSA) is 65.3 Å². The first-order valence-corrected chi connectivity index (χ1v) is 5.76. The van der Waals surface area contributed by atoms with Crippen molar-refractivity contribution >= 4 is 28.2 Å². The van der Waals surface area contributed by atoms with E-state index in [9.17, 15) is 10.1 Å². The second-order valence-corrected chi connectivity index (χ2v) is 4.13. The molecule has 0 saturated heterocycles. The van der Waals surface area contributed by atoms with E-state index >= 15 is 0 Å². The van der Waals surface area contributed by atoms with Crippen molar-refractivity contribution in [2.75, 3.05) is 7.11 Å². The van der Waals surface area contributed by atoms with Crippen LogP contribution in [0.25, 0.3) is 10.9 Å². The zero-order chi connectivity index (χ0) is 13.3. The Morgan fingerprint density at radius 1 is 1.44 bits per heavy atom. The van der Waals surface area contributed by atoms with E-state index in [1.807, 2.05) is 6.92 Å². The standard InChI is InChI=1S/C12H11ClN2O3/c1-3-7-4-8-5-9(18-2)6-10(15(16)17)11(8)14-12(7)13/h4-6H,3H2,1-2H3. The second-order valence-electron chi connectivity index (χ2n) is 3.77. The number of pyridine rings is 1. The van der Waals surface area contributed by atoms with Gasteiger partial charge in [-0.05, 0) is 24.1 Å². The van der Waals surface area contributed by atoms with Crippen LogP contribution < -0.4 is 4.74 Å². The number of aromatic nitrogens is 1. The highest BCUT2D eigenvalue weighted by atomic mass is 35.5. The minimum atomic E-state index is -0.486. The quantitative estimate of drug-likeness (QED) is 0.485. The van der Waals surface area contributed by atoms with E-state index in [1.54, 1.807) is 12.1 Å². The molecule has 2 rings (SSSR count). The van der Waals surface area contributed by atoms with Crippen molar-refractivity contribution < 1.29 is 9.66 Å². The third-order valence-corrected chi connectivity index (χ3v) is 3.04. The number of methoxy groups -OCH3 is 1. The lowest BCUT2D eigenvalue weighted by Gasteiger charge is -2.06. The number of hydrogen-bond donors (Lipinski definition) is 0. The van der Waals surface area contributed by atoms with E-state index in [1.165, 1.54) is 13.2 Å². The van der Waals surface area contributed by atoms with Crippen LogP contribution in [-0.4, -0.2) is 17.0 Å². The van der Waals surface area contributed by atoms with Crippen LogP contribution in [0.3, 0.4) is 0 Å². The molecule has 0 N–H and O–H groups in total. The van der Waals surface area contributed by atoms with Crippen LogP contribution in [0.5, 0.6) is 5.75 Å². The van der Waals surface area contributed by atoms with Gasteiger partial charge in [0.2, 0.25) is 0 Å².